The molecule has 0 unspecified atom stereocenters. The molecular formula is C9H13ClN4O. The predicted octanol–water partition coefficient (Wildman–Crippen LogP) is 0.547. The maximum atomic E-state index is 6.03. The van der Waals surface area contributed by atoms with Crippen LogP contribution in [0.5, 0.6) is 6.01 Å². The Hall–Kier alpha value is -1.07. The van der Waals surface area contributed by atoms with Crippen LogP contribution in [0.15, 0.2) is 6.20 Å². The second kappa shape index (κ2) is 4.20. The Morgan fingerprint density at radius 1 is 1.60 bits per heavy atom. The van der Waals surface area contributed by atoms with Gasteiger partial charge in [0.2, 0.25) is 0 Å². The van der Waals surface area contributed by atoms with Crippen LogP contribution >= 0.6 is 11.6 Å². The molecule has 0 saturated carbocycles. The zero-order chi connectivity index (χ0) is 10.8. The standard InChI is InChI=1S/C9H13ClN4O/c1-14(6-3-11-4-6)8-7(10)5-12-9(13-8)15-2/h5-6,11H,3-4H2,1-2H3. The fraction of sp³-hybridized carbons (Fsp3) is 0.556. The molecule has 15 heavy (non-hydrogen) atoms. The van der Waals surface area contributed by atoms with Crippen molar-refractivity contribution in [3.63, 3.8) is 0 Å². The van der Waals surface area contributed by atoms with E-state index in [2.05, 4.69) is 15.3 Å². The van der Waals surface area contributed by atoms with Gasteiger partial charge in [0.25, 0.3) is 0 Å². The van der Waals surface area contributed by atoms with Gasteiger partial charge in [0.1, 0.15) is 5.02 Å². The number of likely N-dealkylation sites (N-methyl/N-ethyl adjacent to an activating group) is 1. The van der Waals surface area contributed by atoms with Crippen LogP contribution < -0.4 is 15.0 Å². The van der Waals surface area contributed by atoms with E-state index in [0.29, 0.717) is 17.1 Å². The summed E-state index contributed by atoms with van der Waals surface area (Å²) < 4.78 is 4.97. The third-order valence-electron chi connectivity index (χ3n) is 2.53. The van der Waals surface area contributed by atoms with Gasteiger partial charge in [-0.3, -0.25) is 0 Å². The fourth-order valence-electron chi connectivity index (χ4n) is 1.41. The average Bonchev–Trinajstić information content (AvgIpc) is 2.15. The molecule has 1 N–H and O–H groups in total. The summed E-state index contributed by atoms with van der Waals surface area (Å²) in [5, 5.41) is 3.75. The van der Waals surface area contributed by atoms with Gasteiger partial charge in [-0.2, -0.15) is 4.98 Å². The molecular weight excluding hydrogens is 216 g/mol. The van der Waals surface area contributed by atoms with Crippen molar-refractivity contribution in [3.05, 3.63) is 11.2 Å². The van der Waals surface area contributed by atoms with E-state index in [1.807, 2.05) is 11.9 Å². The van der Waals surface area contributed by atoms with Gasteiger partial charge in [-0.1, -0.05) is 11.6 Å². The van der Waals surface area contributed by atoms with Gasteiger partial charge in [0, 0.05) is 20.1 Å². The minimum absolute atomic E-state index is 0.341. The van der Waals surface area contributed by atoms with E-state index in [1.165, 1.54) is 7.11 Å². The Balaban J connectivity index is 2.24. The first-order chi connectivity index (χ1) is 7.22. The number of hydrogen-bond acceptors (Lipinski definition) is 5. The number of nitrogens with one attached hydrogen (secondary N) is 1. The molecule has 1 aromatic heterocycles. The molecule has 1 fully saturated rings. The van der Waals surface area contributed by atoms with Crippen LogP contribution in [0.3, 0.4) is 0 Å². The van der Waals surface area contributed by atoms with E-state index in [-0.39, 0.29) is 0 Å². The van der Waals surface area contributed by atoms with E-state index in [4.69, 9.17) is 16.3 Å². The van der Waals surface area contributed by atoms with Crippen molar-refractivity contribution >= 4 is 17.4 Å². The normalized spacial score (nSPS) is 15.9. The first kappa shape index (κ1) is 10.4. The molecule has 0 atom stereocenters. The Bertz CT molecular complexity index is 356. The lowest BCUT2D eigenvalue weighted by molar-refractivity contribution is 0.377. The molecule has 82 valence electrons. The van der Waals surface area contributed by atoms with Crippen LogP contribution in [-0.4, -0.2) is 43.3 Å². The minimum Gasteiger partial charge on any atom is -0.467 e. The maximum Gasteiger partial charge on any atom is 0.318 e. The number of nitrogens with zero attached hydrogens (tertiary/aromatic N) is 3. The predicted molar refractivity (Wildman–Crippen MR) is 58.7 cm³/mol. The topological polar surface area (TPSA) is 50.3 Å². The van der Waals surface area contributed by atoms with Crippen molar-refractivity contribution in [1.29, 1.82) is 0 Å². The van der Waals surface area contributed by atoms with E-state index in [0.717, 1.165) is 18.9 Å². The summed E-state index contributed by atoms with van der Waals surface area (Å²) in [7, 11) is 3.51. The second-order valence-corrected chi connectivity index (χ2v) is 3.86. The van der Waals surface area contributed by atoms with E-state index in [1.54, 1.807) is 6.20 Å². The lowest BCUT2D eigenvalue weighted by Gasteiger charge is -2.36. The summed E-state index contributed by atoms with van der Waals surface area (Å²) in [6.07, 6.45) is 1.56. The summed E-state index contributed by atoms with van der Waals surface area (Å²) in [6, 6.07) is 0.788. The number of rotatable bonds is 3. The lowest BCUT2D eigenvalue weighted by Crippen LogP contribution is -2.56. The number of anilines is 1. The number of ether oxygens (including phenoxy) is 1. The first-order valence-electron chi connectivity index (χ1n) is 4.72. The highest BCUT2D eigenvalue weighted by Gasteiger charge is 2.24. The summed E-state index contributed by atoms with van der Waals surface area (Å²) in [5.74, 6) is 0.718. The summed E-state index contributed by atoms with van der Waals surface area (Å²) in [4.78, 5) is 10.2. The van der Waals surface area contributed by atoms with Gasteiger partial charge in [-0.25, -0.2) is 4.98 Å². The number of halogens is 1. The molecule has 0 radical (unpaired) electrons. The minimum atomic E-state index is 0.341. The quantitative estimate of drug-likeness (QED) is 0.819. The Morgan fingerprint density at radius 3 is 2.87 bits per heavy atom. The lowest BCUT2D eigenvalue weighted by atomic mass is 10.1. The number of methoxy groups -OCH3 is 1. The molecule has 0 aliphatic carbocycles. The molecule has 0 bridgehead atoms. The smallest absolute Gasteiger partial charge is 0.318 e. The third kappa shape index (κ3) is 1.98. The Kier molecular flexibility index (Phi) is 2.93. The molecule has 6 heteroatoms. The first-order valence-corrected chi connectivity index (χ1v) is 5.10. The largest absolute Gasteiger partial charge is 0.467 e. The monoisotopic (exact) mass is 228 g/mol. The van der Waals surface area contributed by atoms with Gasteiger partial charge in [-0.05, 0) is 0 Å². The van der Waals surface area contributed by atoms with Crippen LogP contribution in [0.25, 0.3) is 0 Å². The van der Waals surface area contributed by atoms with Crippen molar-refractivity contribution in [2.75, 3.05) is 32.1 Å². The van der Waals surface area contributed by atoms with E-state index >= 15 is 0 Å². The van der Waals surface area contributed by atoms with Gasteiger partial charge < -0.3 is 15.0 Å². The summed E-state index contributed by atoms with van der Waals surface area (Å²) in [5.41, 5.74) is 0. The van der Waals surface area contributed by atoms with Crippen molar-refractivity contribution in [3.8, 4) is 6.01 Å². The molecule has 1 aromatic rings. The van der Waals surface area contributed by atoms with Crippen LogP contribution in [0.2, 0.25) is 5.02 Å². The van der Waals surface area contributed by atoms with Gasteiger partial charge in [0.15, 0.2) is 5.82 Å². The molecule has 1 aliphatic heterocycles. The highest BCUT2D eigenvalue weighted by atomic mass is 35.5. The molecule has 1 aliphatic rings. The van der Waals surface area contributed by atoms with E-state index in [9.17, 15) is 0 Å². The summed E-state index contributed by atoms with van der Waals surface area (Å²) >= 11 is 6.03. The van der Waals surface area contributed by atoms with E-state index < -0.39 is 0 Å². The maximum absolute atomic E-state index is 6.03. The van der Waals surface area contributed by atoms with Crippen LogP contribution in [0, 0.1) is 0 Å². The van der Waals surface area contributed by atoms with Gasteiger partial charge in [0.05, 0.1) is 19.3 Å². The zero-order valence-electron chi connectivity index (χ0n) is 8.70. The fourth-order valence-corrected chi connectivity index (χ4v) is 1.63. The average molecular weight is 229 g/mol. The Morgan fingerprint density at radius 2 is 2.33 bits per heavy atom. The zero-order valence-corrected chi connectivity index (χ0v) is 9.45. The SMILES string of the molecule is COc1ncc(Cl)c(N(C)C2CNC2)n1. The molecule has 2 heterocycles. The Labute approximate surface area is 93.4 Å². The highest BCUT2D eigenvalue weighted by molar-refractivity contribution is 6.32. The van der Waals surface area contributed by atoms with Gasteiger partial charge in [-0.15, -0.1) is 0 Å². The molecule has 2 rings (SSSR count). The second-order valence-electron chi connectivity index (χ2n) is 3.45. The van der Waals surface area contributed by atoms with Crippen molar-refractivity contribution in [2.24, 2.45) is 0 Å². The number of aromatic nitrogens is 2. The molecule has 5 nitrogen and oxygen atoms in total. The molecule has 0 spiro atoms. The van der Waals surface area contributed by atoms with Crippen LogP contribution in [0.4, 0.5) is 5.82 Å². The van der Waals surface area contributed by atoms with Gasteiger partial charge >= 0.3 is 6.01 Å². The highest BCUT2D eigenvalue weighted by Crippen LogP contribution is 2.25. The molecule has 0 aromatic carbocycles. The molecule has 1 saturated heterocycles. The summed E-state index contributed by atoms with van der Waals surface area (Å²) in [6.45, 7) is 1.91. The number of hydrogen-bond donors (Lipinski definition) is 1. The van der Waals surface area contributed by atoms with Crippen LogP contribution in [-0.2, 0) is 0 Å². The van der Waals surface area contributed by atoms with Crippen molar-refractivity contribution in [2.45, 2.75) is 6.04 Å². The molecule has 0 amide bonds. The van der Waals surface area contributed by atoms with Crippen molar-refractivity contribution in [1.82, 2.24) is 15.3 Å². The van der Waals surface area contributed by atoms with Crippen molar-refractivity contribution < 1.29 is 4.74 Å². The van der Waals surface area contributed by atoms with Crippen LogP contribution in [0.1, 0.15) is 0 Å². The third-order valence-corrected chi connectivity index (χ3v) is 2.79.